The van der Waals surface area contributed by atoms with Crippen LogP contribution in [0.4, 0.5) is 11.5 Å². The summed E-state index contributed by atoms with van der Waals surface area (Å²) in [6.07, 6.45) is 4.23. The summed E-state index contributed by atoms with van der Waals surface area (Å²) in [6.45, 7) is 1.93. The first-order chi connectivity index (χ1) is 8.24. The molecule has 1 saturated heterocycles. The Morgan fingerprint density at radius 2 is 2.18 bits per heavy atom. The van der Waals surface area contributed by atoms with E-state index in [4.69, 9.17) is 5.73 Å². The molecule has 3 N–H and O–H groups in total. The summed E-state index contributed by atoms with van der Waals surface area (Å²) in [5.74, 6) is 0.760. The Balaban J connectivity index is 1.89. The predicted octanol–water partition coefficient (Wildman–Crippen LogP) is 0.504. The van der Waals surface area contributed by atoms with Crippen LogP contribution in [0.5, 0.6) is 0 Å². The van der Waals surface area contributed by atoms with E-state index in [2.05, 4.69) is 15.2 Å². The number of nitrogens with one attached hydrogen (secondary N) is 1. The van der Waals surface area contributed by atoms with Crippen LogP contribution in [-0.2, 0) is 11.2 Å². The molecular weight excluding hydrogens is 216 g/mol. The molecule has 5 nitrogen and oxygen atoms in total. The molecule has 0 aromatic carbocycles. The standard InChI is InChI=1S/C12H16N4O/c13-8-2-5-16(6-3-8)10-1-4-14-12-9(10)7-11(17)15-12/h1,4,8H,2-3,5-7,13H2,(H,14,15,17). The van der Waals surface area contributed by atoms with Crippen molar-refractivity contribution in [2.75, 3.05) is 23.3 Å². The fourth-order valence-corrected chi connectivity index (χ4v) is 2.54. The second-order valence-corrected chi connectivity index (χ2v) is 4.71. The Labute approximate surface area is 100 Å². The van der Waals surface area contributed by atoms with E-state index in [1.54, 1.807) is 6.20 Å². The zero-order chi connectivity index (χ0) is 11.8. The predicted molar refractivity (Wildman–Crippen MR) is 66.0 cm³/mol. The van der Waals surface area contributed by atoms with Crippen molar-refractivity contribution < 1.29 is 4.79 Å². The Kier molecular flexibility index (Phi) is 2.48. The number of aromatic nitrogens is 1. The van der Waals surface area contributed by atoms with E-state index in [9.17, 15) is 4.79 Å². The molecule has 0 saturated carbocycles. The van der Waals surface area contributed by atoms with Gasteiger partial charge in [0.25, 0.3) is 0 Å². The molecular formula is C12H16N4O. The van der Waals surface area contributed by atoms with E-state index >= 15 is 0 Å². The normalized spacial score (nSPS) is 20.3. The molecule has 1 amide bonds. The third-order valence-corrected chi connectivity index (χ3v) is 3.51. The first-order valence-electron chi connectivity index (χ1n) is 6.02. The van der Waals surface area contributed by atoms with E-state index in [0.29, 0.717) is 12.5 Å². The average molecular weight is 232 g/mol. The lowest BCUT2D eigenvalue weighted by Crippen LogP contribution is -2.40. The molecule has 90 valence electrons. The maximum atomic E-state index is 11.4. The summed E-state index contributed by atoms with van der Waals surface area (Å²) in [5.41, 5.74) is 8.08. The van der Waals surface area contributed by atoms with Crippen LogP contribution in [0, 0.1) is 0 Å². The van der Waals surface area contributed by atoms with Gasteiger partial charge in [0.2, 0.25) is 5.91 Å². The van der Waals surface area contributed by atoms with Crippen LogP contribution in [-0.4, -0.2) is 30.0 Å². The lowest BCUT2D eigenvalue weighted by molar-refractivity contribution is -0.115. The molecule has 5 heteroatoms. The highest BCUT2D eigenvalue weighted by Crippen LogP contribution is 2.31. The van der Waals surface area contributed by atoms with Gasteiger partial charge < -0.3 is 16.0 Å². The molecule has 3 rings (SSSR count). The number of rotatable bonds is 1. The van der Waals surface area contributed by atoms with E-state index in [-0.39, 0.29) is 5.91 Å². The first-order valence-corrected chi connectivity index (χ1v) is 6.02. The topological polar surface area (TPSA) is 71.2 Å². The van der Waals surface area contributed by atoms with Crippen molar-refractivity contribution in [3.8, 4) is 0 Å². The van der Waals surface area contributed by atoms with Crippen molar-refractivity contribution >= 4 is 17.4 Å². The largest absolute Gasteiger partial charge is 0.371 e. The summed E-state index contributed by atoms with van der Waals surface area (Å²) in [7, 11) is 0. The molecule has 0 radical (unpaired) electrons. The van der Waals surface area contributed by atoms with Gasteiger partial charge in [-0.05, 0) is 18.9 Å². The van der Waals surface area contributed by atoms with E-state index in [1.165, 1.54) is 0 Å². The molecule has 1 aromatic rings. The molecule has 3 heterocycles. The van der Waals surface area contributed by atoms with Gasteiger partial charge in [-0.15, -0.1) is 0 Å². The summed E-state index contributed by atoms with van der Waals surface area (Å²) >= 11 is 0. The average Bonchev–Trinajstić information content (AvgIpc) is 2.70. The van der Waals surface area contributed by atoms with Crippen LogP contribution in [0.15, 0.2) is 12.3 Å². The van der Waals surface area contributed by atoms with Crippen LogP contribution in [0.25, 0.3) is 0 Å². The number of fused-ring (bicyclic) bond motifs is 1. The molecule has 2 aliphatic heterocycles. The number of piperidine rings is 1. The number of hydrogen-bond donors (Lipinski definition) is 2. The van der Waals surface area contributed by atoms with Gasteiger partial charge in [0.1, 0.15) is 5.82 Å². The van der Waals surface area contributed by atoms with E-state index < -0.39 is 0 Å². The molecule has 2 aliphatic rings. The fraction of sp³-hybridized carbons (Fsp3) is 0.500. The number of nitrogens with two attached hydrogens (primary N) is 1. The van der Waals surface area contributed by atoms with Crippen LogP contribution in [0.3, 0.4) is 0 Å². The minimum Gasteiger partial charge on any atom is -0.371 e. The second kappa shape index (κ2) is 4.00. The van der Waals surface area contributed by atoms with Gasteiger partial charge in [-0.3, -0.25) is 4.79 Å². The Bertz CT molecular complexity index is 452. The van der Waals surface area contributed by atoms with Crippen molar-refractivity contribution in [2.24, 2.45) is 5.73 Å². The minimum atomic E-state index is 0.0358. The molecule has 0 bridgehead atoms. The van der Waals surface area contributed by atoms with E-state index in [0.717, 1.165) is 43.0 Å². The van der Waals surface area contributed by atoms with Crippen LogP contribution in [0.2, 0.25) is 0 Å². The van der Waals surface area contributed by atoms with Crippen molar-refractivity contribution in [1.29, 1.82) is 0 Å². The van der Waals surface area contributed by atoms with E-state index in [1.807, 2.05) is 6.07 Å². The Hall–Kier alpha value is -1.62. The number of hydrogen-bond acceptors (Lipinski definition) is 4. The van der Waals surface area contributed by atoms with Crippen LogP contribution in [0.1, 0.15) is 18.4 Å². The molecule has 1 fully saturated rings. The lowest BCUT2D eigenvalue weighted by atomic mass is 10.0. The number of anilines is 2. The summed E-state index contributed by atoms with van der Waals surface area (Å²) in [4.78, 5) is 17.9. The second-order valence-electron chi connectivity index (χ2n) is 4.71. The highest BCUT2D eigenvalue weighted by atomic mass is 16.1. The van der Waals surface area contributed by atoms with Crippen molar-refractivity contribution in [3.63, 3.8) is 0 Å². The SMILES string of the molecule is NC1CCN(c2ccnc3c2CC(=O)N3)CC1. The van der Waals surface area contributed by atoms with Gasteiger partial charge in [0, 0.05) is 36.6 Å². The maximum Gasteiger partial charge on any atom is 0.230 e. The quantitative estimate of drug-likeness (QED) is 0.740. The van der Waals surface area contributed by atoms with Gasteiger partial charge >= 0.3 is 0 Å². The maximum absolute atomic E-state index is 11.4. The van der Waals surface area contributed by atoms with Gasteiger partial charge in [-0.1, -0.05) is 0 Å². The summed E-state index contributed by atoms with van der Waals surface area (Å²) in [5, 5.41) is 2.78. The highest BCUT2D eigenvalue weighted by Gasteiger charge is 2.26. The number of carbonyl (C=O) groups excluding carboxylic acids is 1. The molecule has 17 heavy (non-hydrogen) atoms. The van der Waals surface area contributed by atoms with Crippen LogP contribution >= 0.6 is 0 Å². The minimum absolute atomic E-state index is 0.0358. The van der Waals surface area contributed by atoms with Gasteiger partial charge in [-0.25, -0.2) is 4.98 Å². The van der Waals surface area contributed by atoms with Gasteiger partial charge in [0.05, 0.1) is 6.42 Å². The lowest BCUT2D eigenvalue weighted by Gasteiger charge is -2.32. The number of carbonyl (C=O) groups is 1. The fourth-order valence-electron chi connectivity index (χ4n) is 2.54. The summed E-state index contributed by atoms with van der Waals surface area (Å²) in [6, 6.07) is 2.32. The molecule has 1 aromatic heterocycles. The van der Waals surface area contributed by atoms with Crippen molar-refractivity contribution in [2.45, 2.75) is 25.3 Å². The smallest absolute Gasteiger partial charge is 0.230 e. The zero-order valence-corrected chi connectivity index (χ0v) is 9.65. The molecule has 0 spiro atoms. The number of pyridine rings is 1. The monoisotopic (exact) mass is 232 g/mol. The Morgan fingerprint density at radius 1 is 1.41 bits per heavy atom. The number of amides is 1. The van der Waals surface area contributed by atoms with Crippen molar-refractivity contribution in [1.82, 2.24) is 4.98 Å². The zero-order valence-electron chi connectivity index (χ0n) is 9.65. The third-order valence-electron chi connectivity index (χ3n) is 3.51. The van der Waals surface area contributed by atoms with Crippen molar-refractivity contribution in [3.05, 3.63) is 17.8 Å². The van der Waals surface area contributed by atoms with Gasteiger partial charge in [-0.2, -0.15) is 0 Å². The first kappa shape index (κ1) is 10.5. The molecule has 0 aliphatic carbocycles. The highest BCUT2D eigenvalue weighted by molar-refractivity contribution is 6.00. The molecule has 0 unspecified atom stereocenters. The van der Waals surface area contributed by atoms with Gasteiger partial charge in [0.15, 0.2) is 0 Å². The number of nitrogens with zero attached hydrogens (tertiary/aromatic N) is 2. The third kappa shape index (κ3) is 1.86. The Morgan fingerprint density at radius 3 is 2.94 bits per heavy atom. The summed E-state index contributed by atoms with van der Waals surface area (Å²) < 4.78 is 0. The van der Waals surface area contributed by atoms with Crippen LogP contribution < -0.4 is 16.0 Å². The molecule has 0 atom stereocenters.